The summed E-state index contributed by atoms with van der Waals surface area (Å²) >= 11 is 6.37. The number of unbranched alkanes of at least 4 members (excludes halogenated alkanes) is 1. The van der Waals surface area contributed by atoms with Crippen LogP contribution in [0.5, 0.6) is 5.75 Å². The summed E-state index contributed by atoms with van der Waals surface area (Å²) in [6.45, 7) is 4.42. The van der Waals surface area contributed by atoms with E-state index in [4.69, 9.17) is 21.1 Å². The van der Waals surface area contributed by atoms with Gasteiger partial charge in [0.25, 0.3) is 0 Å². The van der Waals surface area contributed by atoms with Gasteiger partial charge in [-0.15, -0.1) is 0 Å². The number of hydrogen-bond acceptors (Lipinski definition) is 4. The van der Waals surface area contributed by atoms with Crippen molar-refractivity contribution in [3.05, 3.63) is 70.3 Å². The molecule has 5 rings (SSSR count). The number of carboxylic acids is 1. The fraction of sp³-hybridized carbons (Fsp3) is 0.516. The van der Waals surface area contributed by atoms with E-state index in [0.717, 1.165) is 74.5 Å². The number of nitrogens with zero attached hydrogens (tertiary/aromatic N) is 1. The van der Waals surface area contributed by atoms with Gasteiger partial charge in [0.1, 0.15) is 5.75 Å². The molecule has 2 aromatic rings. The first-order valence-electron chi connectivity index (χ1n) is 13.7. The van der Waals surface area contributed by atoms with Crippen LogP contribution in [0, 0.1) is 11.8 Å². The smallest absolute Gasteiger partial charge is 0.335 e. The van der Waals surface area contributed by atoms with E-state index < -0.39 is 5.97 Å². The average molecular weight is 524 g/mol. The van der Waals surface area contributed by atoms with Gasteiger partial charge < -0.3 is 19.5 Å². The van der Waals surface area contributed by atoms with E-state index in [1.54, 1.807) is 12.1 Å². The molecule has 2 aliphatic carbocycles. The number of carbonyl (C=O) groups is 1. The van der Waals surface area contributed by atoms with Gasteiger partial charge >= 0.3 is 5.97 Å². The molecule has 1 N–H and O–H groups in total. The summed E-state index contributed by atoms with van der Waals surface area (Å²) in [5.74, 6) is 0.786. The van der Waals surface area contributed by atoms with Crippen molar-refractivity contribution in [3.63, 3.8) is 0 Å². The Hall–Kier alpha value is -2.50. The Morgan fingerprint density at radius 3 is 2.89 bits per heavy atom. The van der Waals surface area contributed by atoms with Gasteiger partial charge in [-0.25, -0.2) is 4.79 Å². The molecule has 0 bridgehead atoms. The molecule has 1 aliphatic heterocycles. The molecular weight excluding hydrogens is 486 g/mol. The summed E-state index contributed by atoms with van der Waals surface area (Å²) in [4.78, 5) is 14.3. The molecule has 198 valence electrons. The minimum atomic E-state index is -0.915. The van der Waals surface area contributed by atoms with Crippen LogP contribution in [-0.4, -0.2) is 44.0 Å². The number of allylic oxidation sites excluding steroid dienone is 1. The lowest BCUT2D eigenvalue weighted by Gasteiger charge is -2.46. The Balaban J connectivity index is 1.49. The molecular formula is C31H38ClNO4. The molecule has 5 nitrogen and oxygen atoms in total. The van der Waals surface area contributed by atoms with Crippen molar-refractivity contribution >= 4 is 23.3 Å². The summed E-state index contributed by atoms with van der Waals surface area (Å²) in [5.41, 5.74) is 3.64. The van der Waals surface area contributed by atoms with Gasteiger partial charge in [0, 0.05) is 30.6 Å². The van der Waals surface area contributed by atoms with Crippen LogP contribution in [0.4, 0.5) is 5.69 Å². The standard InChI is InChI=1S/C31H38ClNO4/c1-3-4-5-8-28(36-2)25-12-9-23(25)18-33-19-31(15-6-7-21-16-24(32)11-13-26(21)31)20-37-29-14-10-22(30(34)35)17-27(29)33/h5,8,10-11,13-14,16-17,23,25,28H,3-4,6-7,9,12,15,18-20H2,1-2H3,(H,34,35)/b8-5+/t23-,25+,28?,31-/m0/s1. The molecule has 3 aliphatic rings. The molecule has 0 aromatic heterocycles. The lowest BCUT2D eigenvalue weighted by atomic mass is 9.68. The number of halogens is 1. The largest absolute Gasteiger partial charge is 0.490 e. The SMILES string of the molecule is CCC/C=C/C(OC)[C@@H]1CC[C@H]1CN1C[C@@]2(CCCc3cc(Cl)ccc32)COc2ccc(C(=O)O)cc21. The average Bonchev–Trinajstić information content (AvgIpc) is 3.03. The first-order chi connectivity index (χ1) is 17.9. The number of aromatic carboxylic acids is 1. The first kappa shape index (κ1) is 26.1. The number of carboxylic acid groups (broad SMARTS) is 1. The van der Waals surface area contributed by atoms with Gasteiger partial charge in [0.05, 0.1) is 24.0 Å². The molecule has 4 atom stereocenters. The first-order valence-corrected chi connectivity index (χ1v) is 14.1. The van der Waals surface area contributed by atoms with Gasteiger partial charge in [0.2, 0.25) is 0 Å². The molecule has 1 heterocycles. The third kappa shape index (κ3) is 5.26. The zero-order valence-electron chi connectivity index (χ0n) is 21.9. The van der Waals surface area contributed by atoms with Crippen molar-refractivity contribution in [3.8, 4) is 5.75 Å². The maximum Gasteiger partial charge on any atom is 0.335 e. The van der Waals surface area contributed by atoms with E-state index in [2.05, 4.69) is 36.1 Å². The Kier molecular flexibility index (Phi) is 7.83. The van der Waals surface area contributed by atoms with Crippen molar-refractivity contribution in [1.82, 2.24) is 0 Å². The van der Waals surface area contributed by atoms with E-state index in [0.29, 0.717) is 24.0 Å². The number of aryl methyl sites for hydroxylation is 1. The second-order valence-corrected chi connectivity index (χ2v) is 11.4. The second-order valence-electron chi connectivity index (χ2n) is 11.0. The molecule has 37 heavy (non-hydrogen) atoms. The minimum absolute atomic E-state index is 0.116. The quantitative estimate of drug-likeness (QED) is 0.381. The van der Waals surface area contributed by atoms with E-state index in [1.807, 2.05) is 19.2 Å². The van der Waals surface area contributed by atoms with Crippen LogP contribution in [0.2, 0.25) is 5.02 Å². The fourth-order valence-electron chi connectivity index (χ4n) is 6.58. The van der Waals surface area contributed by atoms with Crippen LogP contribution in [0.1, 0.15) is 66.9 Å². The summed E-state index contributed by atoms with van der Waals surface area (Å²) in [6.07, 6.45) is 12.2. The van der Waals surface area contributed by atoms with Gasteiger partial charge in [-0.1, -0.05) is 43.2 Å². The lowest BCUT2D eigenvalue weighted by molar-refractivity contribution is 0.0132. The highest BCUT2D eigenvalue weighted by Gasteiger charge is 2.44. The number of benzene rings is 2. The van der Waals surface area contributed by atoms with Crippen LogP contribution in [-0.2, 0) is 16.6 Å². The number of hydrogen-bond donors (Lipinski definition) is 1. The van der Waals surface area contributed by atoms with Crippen LogP contribution >= 0.6 is 11.6 Å². The predicted octanol–water partition coefficient (Wildman–Crippen LogP) is 6.91. The zero-order valence-corrected chi connectivity index (χ0v) is 22.7. The number of methoxy groups -OCH3 is 1. The highest BCUT2D eigenvalue weighted by Crippen LogP contribution is 2.46. The van der Waals surface area contributed by atoms with Crippen LogP contribution < -0.4 is 9.64 Å². The van der Waals surface area contributed by atoms with Crippen LogP contribution in [0.3, 0.4) is 0 Å². The monoisotopic (exact) mass is 523 g/mol. The summed E-state index contributed by atoms with van der Waals surface area (Å²) in [5, 5.41) is 10.5. The maximum atomic E-state index is 11.9. The lowest BCUT2D eigenvalue weighted by Crippen LogP contribution is -2.49. The van der Waals surface area contributed by atoms with Crippen molar-refractivity contribution < 1.29 is 19.4 Å². The van der Waals surface area contributed by atoms with Gasteiger partial charge in [-0.2, -0.15) is 0 Å². The topological polar surface area (TPSA) is 59.0 Å². The number of ether oxygens (including phenoxy) is 2. The minimum Gasteiger partial charge on any atom is -0.490 e. The maximum absolute atomic E-state index is 11.9. The number of anilines is 1. The molecule has 0 amide bonds. The zero-order chi connectivity index (χ0) is 26.0. The molecule has 1 unspecified atom stereocenters. The number of fused-ring (bicyclic) bond motifs is 3. The van der Waals surface area contributed by atoms with Crippen molar-refractivity contribution in [1.29, 1.82) is 0 Å². The Morgan fingerprint density at radius 1 is 1.30 bits per heavy atom. The molecule has 0 saturated heterocycles. The van der Waals surface area contributed by atoms with Gasteiger partial charge in [-0.05, 0) is 91.8 Å². The Morgan fingerprint density at radius 2 is 2.16 bits per heavy atom. The van der Waals surface area contributed by atoms with E-state index in [1.165, 1.54) is 11.1 Å². The molecule has 1 spiro atoms. The van der Waals surface area contributed by atoms with E-state index >= 15 is 0 Å². The van der Waals surface area contributed by atoms with Crippen LogP contribution in [0.15, 0.2) is 48.6 Å². The van der Waals surface area contributed by atoms with Gasteiger partial charge in [-0.3, -0.25) is 0 Å². The molecule has 6 heteroatoms. The number of rotatable bonds is 8. The van der Waals surface area contributed by atoms with E-state index in [-0.39, 0.29) is 11.5 Å². The third-order valence-electron chi connectivity index (χ3n) is 8.69. The predicted molar refractivity (Wildman–Crippen MR) is 148 cm³/mol. The highest BCUT2D eigenvalue weighted by atomic mass is 35.5. The summed E-state index contributed by atoms with van der Waals surface area (Å²) < 4.78 is 12.4. The molecule has 1 fully saturated rings. The van der Waals surface area contributed by atoms with Crippen molar-refractivity contribution in [2.75, 3.05) is 31.7 Å². The molecule has 0 radical (unpaired) electrons. The van der Waals surface area contributed by atoms with Crippen LogP contribution in [0.25, 0.3) is 0 Å². The van der Waals surface area contributed by atoms with Gasteiger partial charge in [0.15, 0.2) is 0 Å². The van der Waals surface area contributed by atoms with Crippen molar-refractivity contribution in [2.24, 2.45) is 11.8 Å². The fourth-order valence-corrected chi connectivity index (χ4v) is 6.77. The normalized spacial score (nSPS) is 25.6. The third-order valence-corrected chi connectivity index (χ3v) is 8.93. The highest BCUT2D eigenvalue weighted by molar-refractivity contribution is 6.30. The summed E-state index contributed by atoms with van der Waals surface area (Å²) in [7, 11) is 1.81. The Labute approximate surface area is 225 Å². The molecule has 2 aromatic carbocycles. The van der Waals surface area contributed by atoms with E-state index in [9.17, 15) is 9.90 Å². The molecule has 1 saturated carbocycles. The van der Waals surface area contributed by atoms with Crippen molar-refractivity contribution in [2.45, 2.75) is 63.4 Å². The summed E-state index contributed by atoms with van der Waals surface area (Å²) in [6, 6.07) is 11.6. The second kappa shape index (κ2) is 11.1. The Bertz CT molecular complexity index is 1160.